The first-order valence-corrected chi connectivity index (χ1v) is 5.08. The predicted octanol–water partition coefficient (Wildman–Crippen LogP) is 3.02. The molecule has 0 saturated heterocycles. The first kappa shape index (κ1) is 15.9. The minimum atomic E-state index is 0. The van der Waals surface area contributed by atoms with Crippen molar-refractivity contribution in [1.29, 1.82) is 0 Å². The van der Waals surface area contributed by atoms with Crippen LogP contribution >= 0.6 is 24.8 Å². The van der Waals surface area contributed by atoms with Crippen molar-refractivity contribution >= 4 is 24.8 Å². The highest BCUT2D eigenvalue weighted by atomic mass is 35.5. The molecule has 0 aliphatic heterocycles. The third-order valence-corrected chi connectivity index (χ3v) is 2.48. The minimum absolute atomic E-state index is 0. The number of halogens is 2. The number of nitrogens with zero attached hydrogens (tertiary/aromatic N) is 1. The van der Waals surface area contributed by atoms with Crippen LogP contribution in [0.15, 0.2) is 54.7 Å². The quantitative estimate of drug-likeness (QED) is 0.932. The van der Waals surface area contributed by atoms with Gasteiger partial charge >= 0.3 is 0 Å². The van der Waals surface area contributed by atoms with E-state index in [0.717, 1.165) is 5.69 Å². The molecule has 0 spiro atoms. The van der Waals surface area contributed by atoms with Crippen molar-refractivity contribution in [2.75, 3.05) is 6.54 Å². The molecule has 2 aromatic rings. The van der Waals surface area contributed by atoms with Crippen LogP contribution in [0.25, 0.3) is 0 Å². The molecular formula is C13H16Cl2N2. The summed E-state index contributed by atoms with van der Waals surface area (Å²) >= 11 is 0. The molecule has 1 aromatic heterocycles. The SMILES string of the molecule is Cl.Cl.NCC(c1ccccc1)c1ccccn1. The predicted molar refractivity (Wildman–Crippen MR) is 76.1 cm³/mol. The average molecular weight is 271 g/mol. The van der Waals surface area contributed by atoms with Crippen LogP contribution in [0, 0.1) is 0 Å². The average Bonchev–Trinajstić information content (AvgIpc) is 2.33. The molecule has 1 atom stereocenters. The standard InChI is InChI=1S/C13H14N2.2ClH/c14-10-12(11-6-2-1-3-7-11)13-8-4-5-9-15-13;;/h1-9,12H,10,14H2;2*1H. The molecular weight excluding hydrogens is 255 g/mol. The maximum Gasteiger partial charge on any atom is 0.0491 e. The Labute approximate surface area is 114 Å². The zero-order chi connectivity index (χ0) is 10.5. The molecule has 2 N–H and O–H groups in total. The molecule has 0 amide bonds. The maximum absolute atomic E-state index is 5.80. The summed E-state index contributed by atoms with van der Waals surface area (Å²) in [6, 6.07) is 16.2. The van der Waals surface area contributed by atoms with E-state index < -0.39 is 0 Å². The first-order valence-electron chi connectivity index (χ1n) is 5.08. The Morgan fingerprint density at radius 3 is 2.12 bits per heavy atom. The van der Waals surface area contributed by atoms with Gasteiger partial charge in [0.25, 0.3) is 0 Å². The molecule has 2 rings (SSSR count). The monoisotopic (exact) mass is 270 g/mol. The molecule has 1 unspecified atom stereocenters. The summed E-state index contributed by atoms with van der Waals surface area (Å²) in [7, 11) is 0. The molecule has 0 aliphatic rings. The van der Waals surface area contributed by atoms with Crippen LogP contribution in [0.3, 0.4) is 0 Å². The lowest BCUT2D eigenvalue weighted by molar-refractivity contribution is 0.787. The molecule has 1 aromatic carbocycles. The number of benzene rings is 1. The third kappa shape index (κ3) is 4.00. The van der Waals surface area contributed by atoms with Gasteiger partial charge in [0, 0.05) is 24.4 Å². The van der Waals surface area contributed by atoms with Gasteiger partial charge in [-0.15, -0.1) is 24.8 Å². The molecule has 1 heterocycles. The summed E-state index contributed by atoms with van der Waals surface area (Å²) < 4.78 is 0. The van der Waals surface area contributed by atoms with Crippen molar-refractivity contribution in [2.45, 2.75) is 5.92 Å². The lowest BCUT2D eigenvalue weighted by atomic mass is 9.95. The molecule has 92 valence electrons. The van der Waals surface area contributed by atoms with Gasteiger partial charge in [-0.05, 0) is 17.7 Å². The van der Waals surface area contributed by atoms with Crippen molar-refractivity contribution in [3.05, 3.63) is 66.0 Å². The van der Waals surface area contributed by atoms with Gasteiger partial charge in [0.15, 0.2) is 0 Å². The summed E-state index contributed by atoms with van der Waals surface area (Å²) in [6.45, 7) is 0.584. The third-order valence-electron chi connectivity index (χ3n) is 2.48. The fourth-order valence-electron chi connectivity index (χ4n) is 1.70. The zero-order valence-corrected chi connectivity index (χ0v) is 11.0. The second kappa shape index (κ2) is 8.07. The van der Waals surface area contributed by atoms with Gasteiger partial charge in [-0.3, -0.25) is 4.98 Å². The Balaban J connectivity index is 0.00000128. The first-order chi connectivity index (χ1) is 7.42. The van der Waals surface area contributed by atoms with Crippen LogP contribution in [0.1, 0.15) is 17.2 Å². The number of nitrogens with two attached hydrogens (primary N) is 1. The summed E-state index contributed by atoms with van der Waals surface area (Å²) in [5.74, 6) is 0.201. The van der Waals surface area contributed by atoms with Crippen LogP contribution in [-0.2, 0) is 0 Å². The number of pyridine rings is 1. The fraction of sp³-hybridized carbons (Fsp3) is 0.154. The van der Waals surface area contributed by atoms with Crippen LogP contribution in [0.2, 0.25) is 0 Å². The van der Waals surface area contributed by atoms with Crippen LogP contribution in [-0.4, -0.2) is 11.5 Å². The summed E-state index contributed by atoms with van der Waals surface area (Å²) in [5, 5.41) is 0. The summed E-state index contributed by atoms with van der Waals surface area (Å²) in [6.07, 6.45) is 1.81. The Morgan fingerprint density at radius 2 is 1.59 bits per heavy atom. The van der Waals surface area contributed by atoms with Gasteiger partial charge in [0.05, 0.1) is 0 Å². The van der Waals surface area contributed by atoms with Gasteiger partial charge in [0.2, 0.25) is 0 Å². The molecule has 0 radical (unpaired) electrons. The number of hydrogen-bond acceptors (Lipinski definition) is 2. The van der Waals surface area contributed by atoms with Gasteiger partial charge in [-0.2, -0.15) is 0 Å². The largest absolute Gasteiger partial charge is 0.329 e. The Morgan fingerprint density at radius 1 is 0.941 bits per heavy atom. The van der Waals surface area contributed by atoms with E-state index in [1.807, 2.05) is 36.4 Å². The van der Waals surface area contributed by atoms with Crippen molar-refractivity contribution in [1.82, 2.24) is 4.98 Å². The van der Waals surface area contributed by atoms with Gasteiger partial charge < -0.3 is 5.73 Å². The highest BCUT2D eigenvalue weighted by molar-refractivity contribution is 5.85. The molecule has 0 saturated carbocycles. The number of rotatable bonds is 3. The highest BCUT2D eigenvalue weighted by Gasteiger charge is 2.12. The van der Waals surface area contributed by atoms with E-state index in [0.29, 0.717) is 6.54 Å². The lowest BCUT2D eigenvalue weighted by Gasteiger charge is -2.14. The number of hydrogen-bond donors (Lipinski definition) is 1. The van der Waals surface area contributed by atoms with E-state index in [2.05, 4.69) is 17.1 Å². The van der Waals surface area contributed by atoms with Crippen molar-refractivity contribution in [3.8, 4) is 0 Å². The number of aromatic nitrogens is 1. The van der Waals surface area contributed by atoms with E-state index in [9.17, 15) is 0 Å². The molecule has 0 aliphatic carbocycles. The van der Waals surface area contributed by atoms with Gasteiger partial charge in [-0.1, -0.05) is 36.4 Å². The topological polar surface area (TPSA) is 38.9 Å². The molecule has 0 bridgehead atoms. The normalized spacial score (nSPS) is 10.9. The van der Waals surface area contributed by atoms with Crippen molar-refractivity contribution in [2.24, 2.45) is 5.73 Å². The lowest BCUT2D eigenvalue weighted by Crippen LogP contribution is -2.14. The smallest absolute Gasteiger partial charge is 0.0491 e. The van der Waals surface area contributed by atoms with Crippen LogP contribution in [0.4, 0.5) is 0 Å². The molecule has 2 nitrogen and oxygen atoms in total. The maximum atomic E-state index is 5.80. The second-order valence-electron chi connectivity index (χ2n) is 3.45. The van der Waals surface area contributed by atoms with E-state index in [1.165, 1.54) is 5.56 Å². The Bertz CT molecular complexity index is 367. The van der Waals surface area contributed by atoms with Crippen molar-refractivity contribution < 1.29 is 0 Å². The fourth-order valence-corrected chi connectivity index (χ4v) is 1.70. The zero-order valence-electron chi connectivity index (χ0n) is 9.32. The molecule has 17 heavy (non-hydrogen) atoms. The van der Waals surface area contributed by atoms with E-state index in [-0.39, 0.29) is 30.7 Å². The summed E-state index contributed by atoms with van der Waals surface area (Å²) in [4.78, 5) is 4.35. The van der Waals surface area contributed by atoms with E-state index in [4.69, 9.17) is 5.73 Å². The summed E-state index contributed by atoms with van der Waals surface area (Å²) in [5.41, 5.74) is 8.05. The second-order valence-corrected chi connectivity index (χ2v) is 3.45. The van der Waals surface area contributed by atoms with Crippen LogP contribution in [0.5, 0.6) is 0 Å². The Hall–Kier alpha value is -1.09. The van der Waals surface area contributed by atoms with Gasteiger partial charge in [0.1, 0.15) is 0 Å². The van der Waals surface area contributed by atoms with Crippen molar-refractivity contribution in [3.63, 3.8) is 0 Å². The Kier molecular flexibility index (Phi) is 7.55. The van der Waals surface area contributed by atoms with E-state index in [1.54, 1.807) is 6.20 Å². The minimum Gasteiger partial charge on any atom is -0.329 e. The van der Waals surface area contributed by atoms with Gasteiger partial charge in [-0.25, -0.2) is 0 Å². The molecule has 0 fully saturated rings. The highest BCUT2D eigenvalue weighted by Crippen LogP contribution is 2.20. The van der Waals surface area contributed by atoms with Crippen LogP contribution < -0.4 is 5.73 Å². The van der Waals surface area contributed by atoms with E-state index >= 15 is 0 Å². The molecule has 4 heteroatoms.